The zero-order valence-corrected chi connectivity index (χ0v) is 11.8. The minimum Gasteiger partial charge on any atom is -0.326 e. The fourth-order valence-electron chi connectivity index (χ4n) is 1.53. The summed E-state index contributed by atoms with van der Waals surface area (Å²) >= 11 is 1.14. The van der Waals surface area contributed by atoms with Gasteiger partial charge in [-0.05, 0) is 36.4 Å². The molecule has 0 unspecified atom stereocenters. The topological polar surface area (TPSA) is 63.4 Å². The highest BCUT2D eigenvalue weighted by Crippen LogP contribution is 2.27. The number of halogens is 1. The molecule has 0 aliphatic heterocycles. The SMILES string of the molecule is CN(c1ccc(F)cc1)S(=O)(=O)c1ccc(CN)s1. The molecule has 19 heavy (non-hydrogen) atoms. The maximum Gasteiger partial charge on any atom is 0.273 e. The van der Waals surface area contributed by atoms with Crippen LogP contribution in [0.5, 0.6) is 0 Å². The summed E-state index contributed by atoms with van der Waals surface area (Å²) in [7, 11) is -2.19. The minimum atomic E-state index is -3.62. The lowest BCUT2D eigenvalue weighted by molar-refractivity contribution is 0.596. The van der Waals surface area contributed by atoms with Gasteiger partial charge in [0.1, 0.15) is 10.0 Å². The van der Waals surface area contributed by atoms with Crippen LogP contribution in [0.15, 0.2) is 40.6 Å². The summed E-state index contributed by atoms with van der Waals surface area (Å²) in [6.45, 7) is 0.306. The fraction of sp³-hybridized carbons (Fsp3) is 0.167. The first-order chi connectivity index (χ1) is 8.95. The second-order valence-electron chi connectivity index (χ2n) is 3.87. The predicted octanol–water partition coefficient (Wildman–Crippen LogP) is 2.17. The van der Waals surface area contributed by atoms with Crippen LogP contribution in [0, 0.1) is 5.82 Å². The number of benzene rings is 1. The Labute approximate surface area is 115 Å². The standard InChI is InChI=1S/C12H13FN2O2S2/c1-15(10-4-2-9(13)3-5-10)19(16,17)12-7-6-11(8-14)18-12/h2-7H,8,14H2,1H3. The van der Waals surface area contributed by atoms with Crippen LogP contribution in [0.25, 0.3) is 0 Å². The maximum absolute atomic E-state index is 12.8. The fourth-order valence-corrected chi connectivity index (χ4v) is 4.13. The van der Waals surface area contributed by atoms with E-state index in [0.29, 0.717) is 12.2 Å². The molecule has 2 aromatic rings. The lowest BCUT2D eigenvalue weighted by atomic mass is 10.3. The predicted molar refractivity (Wildman–Crippen MR) is 74.2 cm³/mol. The van der Waals surface area contributed by atoms with Crippen molar-refractivity contribution in [3.05, 3.63) is 47.1 Å². The first-order valence-electron chi connectivity index (χ1n) is 5.48. The molecule has 1 heterocycles. The molecule has 0 saturated carbocycles. The summed E-state index contributed by atoms with van der Waals surface area (Å²) in [6, 6.07) is 8.51. The molecular weight excluding hydrogens is 287 g/mol. The summed E-state index contributed by atoms with van der Waals surface area (Å²) in [4.78, 5) is 0.797. The van der Waals surface area contributed by atoms with E-state index in [1.54, 1.807) is 6.07 Å². The largest absolute Gasteiger partial charge is 0.326 e. The third-order valence-corrected chi connectivity index (χ3v) is 6.00. The van der Waals surface area contributed by atoms with Crippen molar-refractivity contribution in [1.82, 2.24) is 0 Å². The number of anilines is 1. The Morgan fingerprint density at radius 3 is 2.37 bits per heavy atom. The van der Waals surface area contributed by atoms with Crippen molar-refractivity contribution < 1.29 is 12.8 Å². The van der Waals surface area contributed by atoms with E-state index in [1.165, 1.54) is 37.4 Å². The van der Waals surface area contributed by atoms with Crippen LogP contribution in [0.3, 0.4) is 0 Å². The van der Waals surface area contributed by atoms with Gasteiger partial charge in [0.2, 0.25) is 0 Å². The Hall–Kier alpha value is -1.44. The highest BCUT2D eigenvalue weighted by atomic mass is 32.2. The molecule has 2 N–H and O–H groups in total. The molecule has 102 valence electrons. The number of thiophene rings is 1. The monoisotopic (exact) mass is 300 g/mol. The Kier molecular flexibility index (Phi) is 3.88. The first kappa shape index (κ1) is 14.0. The zero-order valence-electron chi connectivity index (χ0n) is 10.2. The molecule has 0 atom stereocenters. The number of nitrogens with zero attached hydrogens (tertiary/aromatic N) is 1. The van der Waals surface area contributed by atoms with Gasteiger partial charge in [0.05, 0.1) is 5.69 Å². The normalized spacial score (nSPS) is 11.5. The van der Waals surface area contributed by atoms with Gasteiger partial charge < -0.3 is 5.73 Å². The van der Waals surface area contributed by atoms with Crippen LogP contribution in [0.4, 0.5) is 10.1 Å². The lowest BCUT2D eigenvalue weighted by Crippen LogP contribution is -2.25. The summed E-state index contributed by atoms with van der Waals surface area (Å²) < 4.78 is 38.9. The second kappa shape index (κ2) is 5.28. The number of rotatable bonds is 4. The number of hydrogen-bond acceptors (Lipinski definition) is 4. The van der Waals surface area contributed by atoms with Crippen LogP contribution in [0.2, 0.25) is 0 Å². The van der Waals surface area contributed by atoms with Crippen LogP contribution in [-0.2, 0) is 16.6 Å². The van der Waals surface area contributed by atoms with E-state index >= 15 is 0 Å². The molecule has 0 aliphatic rings. The summed E-state index contributed by atoms with van der Waals surface area (Å²) in [5.41, 5.74) is 5.88. The molecule has 7 heteroatoms. The third kappa shape index (κ3) is 2.78. The molecule has 0 aliphatic carbocycles. The Balaban J connectivity index is 2.36. The van der Waals surface area contributed by atoms with Crippen LogP contribution < -0.4 is 10.0 Å². The summed E-state index contributed by atoms with van der Waals surface area (Å²) in [5, 5.41) is 0. The Bertz CT molecular complexity index is 665. The molecular formula is C12H13FN2O2S2. The van der Waals surface area contributed by atoms with Crippen molar-refractivity contribution in [2.24, 2.45) is 5.73 Å². The van der Waals surface area contributed by atoms with Crippen LogP contribution >= 0.6 is 11.3 Å². The Morgan fingerprint density at radius 1 is 1.21 bits per heavy atom. The van der Waals surface area contributed by atoms with E-state index in [2.05, 4.69) is 0 Å². The van der Waals surface area contributed by atoms with Gasteiger partial charge in [0.15, 0.2) is 0 Å². The molecule has 0 amide bonds. The number of hydrogen-bond donors (Lipinski definition) is 1. The van der Waals surface area contributed by atoms with E-state index in [-0.39, 0.29) is 4.21 Å². The highest BCUT2D eigenvalue weighted by molar-refractivity contribution is 7.94. The van der Waals surface area contributed by atoms with Gasteiger partial charge in [-0.3, -0.25) is 4.31 Å². The van der Waals surface area contributed by atoms with E-state index in [1.807, 2.05) is 0 Å². The molecule has 1 aromatic carbocycles. The molecule has 4 nitrogen and oxygen atoms in total. The highest BCUT2D eigenvalue weighted by Gasteiger charge is 2.23. The van der Waals surface area contributed by atoms with Gasteiger partial charge in [-0.25, -0.2) is 12.8 Å². The van der Waals surface area contributed by atoms with E-state index in [0.717, 1.165) is 20.5 Å². The van der Waals surface area contributed by atoms with Gasteiger partial charge in [-0.2, -0.15) is 0 Å². The molecule has 0 saturated heterocycles. The van der Waals surface area contributed by atoms with Gasteiger partial charge >= 0.3 is 0 Å². The van der Waals surface area contributed by atoms with Gasteiger partial charge in [0.25, 0.3) is 10.0 Å². The summed E-state index contributed by atoms with van der Waals surface area (Å²) in [5.74, 6) is -0.406. The molecule has 2 rings (SSSR count). The Morgan fingerprint density at radius 2 is 1.84 bits per heavy atom. The third-order valence-electron chi connectivity index (χ3n) is 2.64. The van der Waals surface area contributed by atoms with Crippen molar-refractivity contribution in [2.75, 3.05) is 11.4 Å². The van der Waals surface area contributed by atoms with Crippen molar-refractivity contribution in [3.63, 3.8) is 0 Å². The van der Waals surface area contributed by atoms with Crippen molar-refractivity contribution in [2.45, 2.75) is 10.8 Å². The van der Waals surface area contributed by atoms with E-state index in [4.69, 9.17) is 5.73 Å². The average molecular weight is 300 g/mol. The van der Waals surface area contributed by atoms with Crippen LogP contribution in [-0.4, -0.2) is 15.5 Å². The molecule has 0 fully saturated rings. The van der Waals surface area contributed by atoms with Crippen molar-refractivity contribution in [3.8, 4) is 0 Å². The van der Waals surface area contributed by atoms with Crippen molar-refractivity contribution >= 4 is 27.0 Å². The number of nitrogens with two attached hydrogens (primary N) is 1. The minimum absolute atomic E-state index is 0.222. The lowest BCUT2D eigenvalue weighted by Gasteiger charge is -2.18. The zero-order chi connectivity index (χ0) is 14.0. The van der Waals surface area contributed by atoms with Crippen LogP contribution in [0.1, 0.15) is 4.88 Å². The van der Waals surface area contributed by atoms with Gasteiger partial charge in [0, 0.05) is 18.5 Å². The van der Waals surface area contributed by atoms with E-state index in [9.17, 15) is 12.8 Å². The molecule has 0 bridgehead atoms. The quantitative estimate of drug-likeness (QED) is 0.941. The maximum atomic E-state index is 12.8. The smallest absolute Gasteiger partial charge is 0.273 e. The van der Waals surface area contributed by atoms with Gasteiger partial charge in [-0.15, -0.1) is 11.3 Å². The van der Waals surface area contributed by atoms with E-state index < -0.39 is 15.8 Å². The summed E-state index contributed by atoms with van der Waals surface area (Å²) in [6.07, 6.45) is 0. The second-order valence-corrected chi connectivity index (χ2v) is 7.24. The molecule has 0 spiro atoms. The van der Waals surface area contributed by atoms with Gasteiger partial charge in [-0.1, -0.05) is 0 Å². The number of sulfonamides is 1. The molecule has 0 radical (unpaired) electrons. The van der Waals surface area contributed by atoms with Crippen molar-refractivity contribution in [1.29, 1.82) is 0 Å². The first-order valence-corrected chi connectivity index (χ1v) is 7.74. The molecule has 1 aromatic heterocycles. The average Bonchev–Trinajstić information content (AvgIpc) is 2.88.